The first-order valence-corrected chi connectivity index (χ1v) is 7.70. The Bertz CT molecular complexity index is 380. The lowest BCUT2D eigenvalue weighted by Crippen LogP contribution is -2.61. The summed E-state index contributed by atoms with van der Waals surface area (Å²) in [6.45, 7) is 2.36. The van der Waals surface area contributed by atoms with Crippen LogP contribution in [0.25, 0.3) is 0 Å². The summed E-state index contributed by atoms with van der Waals surface area (Å²) >= 11 is 0. The van der Waals surface area contributed by atoms with Crippen molar-refractivity contribution in [2.75, 3.05) is 13.2 Å². The SMILES string of the molecule is CC(=O)NC(CNC1CC(CO)C(O)C(O)C1O)C(O)C(C)O. The number of hydrogen-bond acceptors (Lipinski definition) is 8. The molecule has 0 bridgehead atoms. The van der Waals surface area contributed by atoms with Crippen molar-refractivity contribution in [2.45, 2.75) is 62.9 Å². The van der Waals surface area contributed by atoms with Gasteiger partial charge in [0.2, 0.25) is 5.91 Å². The molecule has 0 radical (unpaired) electrons. The topological polar surface area (TPSA) is 163 Å². The van der Waals surface area contributed by atoms with Gasteiger partial charge in [0, 0.05) is 32.0 Å². The zero-order valence-electron chi connectivity index (χ0n) is 13.3. The number of carbonyl (C=O) groups is 1. The summed E-state index contributed by atoms with van der Waals surface area (Å²) in [6.07, 6.45) is -5.94. The molecule has 0 saturated heterocycles. The number of carbonyl (C=O) groups excluding carboxylic acids is 1. The monoisotopic (exact) mass is 336 g/mol. The van der Waals surface area contributed by atoms with Gasteiger partial charge in [-0.15, -0.1) is 0 Å². The molecule has 9 heteroatoms. The van der Waals surface area contributed by atoms with Crippen LogP contribution in [-0.2, 0) is 4.79 Å². The summed E-state index contributed by atoms with van der Waals surface area (Å²) in [6, 6.07) is -1.43. The Morgan fingerprint density at radius 3 is 2.26 bits per heavy atom. The first-order chi connectivity index (χ1) is 10.7. The Morgan fingerprint density at radius 2 is 1.78 bits per heavy atom. The third-order valence-electron chi connectivity index (χ3n) is 4.28. The first kappa shape index (κ1) is 20.2. The predicted octanol–water partition coefficient (Wildman–Crippen LogP) is -3.71. The highest BCUT2D eigenvalue weighted by atomic mass is 16.4. The fourth-order valence-electron chi connectivity index (χ4n) is 2.84. The minimum Gasteiger partial charge on any atom is -0.396 e. The molecule has 8 unspecified atom stereocenters. The minimum absolute atomic E-state index is 0.0360. The van der Waals surface area contributed by atoms with Crippen LogP contribution < -0.4 is 10.6 Å². The standard InChI is InChI=1S/C14H28N2O7/c1-6(18)11(20)10(16-7(2)19)4-15-9-3-8(5-17)12(21)14(23)13(9)22/h6,8-15,17-18,20-23H,3-5H2,1-2H3,(H,16,19). The van der Waals surface area contributed by atoms with Crippen molar-refractivity contribution in [3.8, 4) is 0 Å². The van der Waals surface area contributed by atoms with E-state index in [1.165, 1.54) is 13.8 Å². The van der Waals surface area contributed by atoms with Crippen molar-refractivity contribution in [3.05, 3.63) is 0 Å². The van der Waals surface area contributed by atoms with Crippen LogP contribution in [0, 0.1) is 5.92 Å². The average molecular weight is 336 g/mol. The number of rotatable bonds is 7. The Balaban J connectivity index is 2.69. The van der Waals surface area contributed by atoms with Gasteiger partial charge >= 0.3 is 0 Å². The summed E-state index contributed by atoms with van der Waals surface area (Å²) in [4.78, 5) is 11.2. The molecule has 1 saturated carbocycles. The fraction of sp³-hybridized carbons (Fsp3) is 0.929. The van der Waals surface area contributed by atoms with Gasteiger partial charge in [-0.1, -0.05) is 0 Å². The predicted molar refractivity (Wildman–Crippen MR) is 80.3 cm³/mol. The molecular formula is C14H28N2O7. The fourth-order valence-corrected chi connectivity index (χ4v) is 2.84. The molecule has 9 nitrogen and oxygen atoms in total. The molecule has 1 aliphatic carbocycles. The van der Waals surface area contributed by atoms with E-state index < -0.39 is 48.5 Å². The maximum atomic E-state index is 11.2. The van der Waals surface area contributed by atoms with E-state index in [1.807, 2.05) is 0 Å². The normalized spacial score (nSPS) is 35.4. The lowest BCUT2D eigenvalue weighted by molar-refractivity contribution is -0.131. The lowest BCUT2D eigenvalue weighted by atomic mass is 9.79. The maximum absolute atomic E-state index is 11.2. The van der Waals surface area contributed by atoms with Crippen LogP contribution in [0.5, 0.6) is 0 Å². The summed E-state index contributed by atoms with van der Waals surface area (Å²) in [5, 5.41) is 63.6. The quantitative estimate of drug-likeness (QED) is 0.235. The van der Waals surface area contributed by atoms with Crippen molar-refractivity contribution in [2.24, 2.45) is 5.92 Å². The highest BCUT2D eigenvalue weighted by Crippen LogP contribution is 2.25. The average Bonchev–Trinajstić information content (AvgIpc) is 2.49. The van der Waals surface area contributed by atoms with E-state index in [9.17, 15) is 35.4 Å². The zero-order valence-corrected chi connectivity index (χ0v) is 13.3. The van der Waals surface area contributed by atoms with Gasteiger partial charge < -0.3 is 41.3 Å². The Kier molecular flexibility index (Phi) is 7.81. The van der Waals surface area contributed by atoms with Crippen molar-refractivity contribution in [1.82, 2.24) is 10.6 Å². The molecule has 1 fully saturated rings. The van der Waals surface area contributed by atoms with E-state index in [-0.39, 0.29) is 25.5 Å². The number of amides is 1. The van der Waals surface area contributed by atoms with Crippen LogP contribution >= 0.6 is 0 Å². The molecule has 0 aliphatic heterocycles. The Morgan fingerprint density at radius 1 is 1.17 bits per heavy atom. The molecule has 0 heterocycles. The van der Waals surface area contributed by atoms with Gasteiger partial charge in [0.1, 0.15) is 12.2 Å². The summed E-state index contributed by atoms with van der Waals surface area (Å²) in [5.41, 5.74) is 0. The smallest absolute Gasteiger partial charge is 0.217 e. The van der Waals surface area contributed by atoms with Gasteiger partial charge in [-0.25, -0.2) is 0 Å². The summed E-state index contributed by atoms with van der Waals surface area (Å²) in [7, 11) is 0. The molecule has 23 heavy (non-hydrogen) atoms. The number of hydrogen-bond donors (Lipinski definition) is 8. The molecule has 8 N–H and O–H groups in total. The minimum atomic E-state index is -1.40. The molecule has 0 aromatic rings. The number of aliphatic hydroxyl groups excluding tert-OH is 6. The maximum Gasteiger partial charge on any atom is 0.217 e. The highest BCUT2D eigenvalue weighted by molar-refractivity contribution is 5.73. The van der Waals surface area contributed by atoms with Crippen LogP contribution in [0.3, 0.4) is 0 Å². The molecule has 1 amide bonds. The third kappa shape index (κ3) is 5.35. The van der Waals surface area contributed by atoms with E-state index >= 15 is 0 Å². The van der Waals surface area contributed by atoms with Crippen molar-refractivity contribution in [1.29, 1.82) is 0 Å². The Labute approximate surface area is 135 Å². The van der Waals surface area contributed by atoms with E-state index in [0.29, 0.717) is 0 Å². The molecular weight excluding hydrogens is 308 g/mol. The van der Waals surface area contributed by atoms with Gasteiger partial charge in [-0.2, -0.15) is 0 Å². The van der Waals surface area contributed by atoms with Crippen molar-refractivity contribution < 1.29 is 35.4 Å². The third-order valence-corrected chi connectivity index (χ3v) is 4.28. The molecule has 1 rings (SSSR count). The molecule has 0 aromatic heterocycles. The first-order valence-electron chi connectivity index (χ1n) is 7.70. The number of aliphatic hydroxyl groups is 6. The second-order valence-electron chi connectivity index (χ2n) is 6.20. The van der Waals surface area contributed by atoms with Crippen molar-refractivity contribution in [3.63, 3.8) is 0 Å². The molecule has 1 aliphatic rings. The summed E-state index contributed by atoms with van der Waals surface area (Å²) in [5.74, 6) is -0.976. The molecule has 8 atom stereocenters. The largest absolute Gasteiger partial charge is 0.396 e. The van der Waals surface area contributed by atoms with Gasteiger partial charge in [0.25, 0.3) is 0 Å². The van der Waals surface area contributed by atoms with Crippen LogP contribution in [0.1, 0.15) is 20.3 Å². The number of nitrogens with one attached hydrogen (secondary N) is 2. The Hall–Kier alpha value is -0.810. The van der Waals surface area contributed by atoms with Crippen LogP contribution in [0.4, 0.5) is 0 Å². The van der Waals surface area contributed by atoms with Gasteiger partial charge in [0.15, 0.2) is 0 Å². The second-order valence-corrected chi connectivity index (χ2v) is 6.20. The van der Waals surface area contributed by atoms with Gasteiger partial charge in [-0.3, -0.25) is 4.79 Å². The van der Waals surface area contributed by atoms with E-state index in [1.54, 1.807) is 0 Å². The van der Waals surface area contributed by atoms with Crippen LogP contribution in [-0.4, -0.2) is 92.3 Å². The van der Waals surface area contributed by atoms with Crippen molar-refractivity contribution >= 4 is 5.91 Å². The molecule has 0 aromatic carbocycles. The van der Waals surface area contributed by atoms with Crippen LogP contribution in [0.2, 0.25) is 0 Å². The molecule has 0 spiro atoms. The second kappa shape index (κ2) is 8.88. The van der Waals surface area contributed by atoms with E-state index in [0.717, 1.165) is 0 Å². The van der Waals surface area contributed by atoms with Crippen LogP contribution in [0.15, 0.2) is 0 Å². The van der Waals surface area contributed by atoms with Gasteiger partial charge in [0.05, 0.1) is 24.4 Å². The zero-order chi connectivity index (χ0) is 17.7. The van der Waals surface area contributed by atoms with Gasteiger partial charge in [-0.05, 0) is 13.3 Å². The molecule has 136 valence electrons. The van der Waals surface area contributed by atoms with E-state index in [4.69, 9.17) is 0 Å². The van der Waals surface area contributed by atoms with E-state index in [2.05, 4.69) is 10.6 Å². The highest BCUT2D eigenvalue weighted by Gasteiger charge is 2.42. The lowest BCUT2D eigenvalue weighted by Gasteiger charge is -2.41. The summed E-state index contributed by atoms with van der Waals surface area (Å²) < 4.78 is 0.